The van der Waals surface area contributed by atoms with Crippen molar-refractivity contribution in [3.8, 4) is 0 Å². The molecular weight excluding hydrogens is 528 g/mol. The third kappa shape index (κ3) is 8.25. The Morgan fingerprint density at radius 1 is 1.16 bits per heavy atom. The lowest BCUT2D eigenvalue weighted by atomic mass is 9.81. The van der Waals surface area contributed by atoms with Gasteiger partial charge in [0.25, 0.3) is 5.69 Å². The quantitative estimate of drug-likeness (QED) is 0.210. The van der Waals surface area contributed by atoms with E-state index in [1.165, 1.54) is 0 Å². The molecule has 0 aliphatic heterocycles. The number of halogens is 1. The molecule has 1 aromatic heterocycles. The second kappa shape index (κ2) is 12.6. The van der Waals surface area contributed by atoms with E-state index in [1.807, 2.05) is 20.8 Å². The summed E-state index contributed by atoms with van der Waals surface area (Å²) in [7, 11) is -3.70. The van der Waals surface area contributed by atoms with Crippen molar-refractivity contribution in [1.82, 2.24) is 15.0 Å². The summed E-state index contributed by atoms with van der Waals surface area (Å²) in [5.74, 6) is -2.62. The largest absolute Gasteiger partial charge is 0.354 e. The molecular formula is C22H27ClN6O7S. The van der Waals surface area contributed by atoms with Gasteiger partial charge in [-0.3, -0.25) is 24.5 Å². The molecule has 1 aliphatic rings. The number of rotatable bonds is 8. The summed E-state index contributed by atoms with van der Waals surface area (Å²) in [6.07, 6.45) is 1.37. The van der Waals surface area contributed by atoms with Crippen molar-refractivity contribution in [2.45, 2.75) is 51.0 Å². The van der Waals surface area contributed by atoms with Gasteiger partial charge in [0.1, 0.15) is 5.92 Å². The molecule has 0 spiro atoms. The van der Waals surface area contributed by atoms with Gasteiger partial charge in [-0.05, 0) is 50.9 Å². The van der Waals surface area contributed by atoms with Crippen LogP contribution in [0.4, 0.5) is 17.6 Å². The SMILES string of the molecule is CCNc1nc(Cl)nc(NC(C)C)n1.CS(=O)(=O)c1ccc(C(=O)C2C(=O)CCCC2=O)c([N+](=O)[O-])c1. The lowest BCUT2D eigenvalue weighted by Gasteiger charge is -2.18. The van der Waals surface area contributed by atoms with Crippen LogP contribution in [0.3, 0.4) is 0 Å². The Morgan fingerprint density at radius 2 is 1.76 bits per heavy atom. The molecule has 0 radical (unpaired) electrons. The molecule has 1 heterocycles. The molecule has 37 heavy (non-hydrogen) atoms. The summed E-state index contributed by atoms with van der Waals surface area (Å²) in [6, 6.07) is 3.06. The fraction of sp³-hybridized carbons (Fsp3) is 0.455. The van der Waals surface area contributed by atoms with Crippen molar-refractivity contribution in [1.29, 1.82) is 0 Å². The second-order valence-corrected chi connectivity index (χ2v) is 10.7. The van der Waals surface area contributed by atoms with E-state index in [9.17, 15) is 32.9 Å². The van der Waals surface area contributed by atoms with Gasteiger partial charge in [-0.15, -0.1) is 0 Å². The minimum Gasteiger partial charge on any atom is -0.354 e. The van der Waals surface area contributed by atoms with Crippen LogP contribution in [-0.4, -0.2) is 64.5 Å². The highest BCUT2D eigenvalue weighted by atomic mass is 35.5. The normalized spacial score (nSPS) is 14.1. The van der Waals surface area contributed by atoms with E-state index in [0.717, 1.165) is 31.0 Å². The molecule has 1 aromatic carbocycles. The van der Waals surface area contributed by atoms with Gasteiger partial charge >= 0.3 is 0 Å². The molecule has 1 fully saturated rings. The summed E-state index contributed by atoms with van der Waals surface area (Å²) >= 11 is 5.73. The van der Waals surface area contributed by atoms with E-state index < -0.39 is 49.3 Å². The fourth-order valence-corrected chi connectivity index (χ4v) is 4.17. The molecule has 13 nitrogen and oxygen atoms in total. The van der Waals surface area contributed by atoms with E-state index >= 15 is 0 Å². The summed E-state index contributed by atoms with van der Waals surface area (Å²) in [4.78, 5) is 58.0. The van der Waals surface area contributed by atoms with Crippen molar-refractivity contribution in [3.63, 3.8) is 0 Å². The Labute approximate surface area is 218 Å². The molecule has 15 heteroatoms. The highest BCUT2D eigenvalue weighted by molar-refractivity contribution is 7.90. The molecule has 2 aromatic rings. The van der Waals surface area contributed by atoms with Crippen LogP contribution in [0.25, 0.3) is 0 Å². The molecule has 200 valence electrons. The van der Waals surface area contributed by atoms with Gasteiger partial charge in [-0.2, -0.15) is 15.0 Å². The minimum absolute atomic E-state index is 0.0668. The van der Waals surface area contributed by atoms with Crippen molar-refractivity contribution in [2.24, 2.45) is 5.92 Å². The monoisotopic (exact) mass is 554 g/mol. The third-order valence-corrected chi connectivity index (χ3v) is 6.25. The number of Topliss-reactive ketones (excluding diaryl/α,β-unsaturated/α-hetero) is 3. The Kier molecular flexibility index (Phi) is 10.1. The van der Waals surface area contributed by atoms with Crippen LogP contribution in [0.15, 0.2) is 23.1 Å². The predicted molar refractivity (Wildman–Crippen MR) is 136 cm³/mol. The molecule has 0 unspecified atom stereocenters. The van der Waals surface area contributed by atoms with Gasteiger partial charge in [-0.1, -0.05) is 0 Å². The average molecular weight is 555 g/mol. The second-order valence-electron chi connectivity index (χ2n) is 8.37. The first kappa shape index (κ1) is 29.7. The topological polar surface area (TPSA) is 191 Å². The van der Waals surface area contributed by atoms with Crippen LogP contribution in [0, 0.1) is 16.0 Å². The number of carbonyl (C=O) groups excluding carboxylic acids is 3. The number of aromatic nitrogens is 3. The lowest BCUT2D eigenvalue weighted by Crippen LogP contribution is -2.35. The van der Waals surface area contributed by atoms with Gasteiger partial charge in [0.15, 0.2) is 27.2 Å². The number of carbonyl (C=O) groups is 3. The highest BCUT2D eigenvalue weighted by Crippen LogP contribution is 2.28. The van der Waals surface area contributed by atoms with Crippen LogP contribution in [0.2, 0.25) is 5.28 Å². The summed E-state index contributed by atoms with van der Waals surface area (Å²) < 4.78 is 23.0. The number of nitrogens with zero attached hydrogens (tertiary/aromatic N) is 4. The molecule has 0 amide bonds. The van der Waals surface area contributed by atoms with Crippen molar-refractivity contribution in [3.05, 3.63) is 39.2 Å². The number of nitrogens with one attached hydrogen (secondary N) is 2. The standard InChI is InChI=1S/C14H13NO7S.C8H14ClN5/c1-23(21,22)8-5-6-9(10(7-8)15(19)20)14(18)13-11(16)3-2-4-12(13)17;1-4-10-7-12-6(9)13-8(14-7)11-5(2)3/h5-7,13H,2-4H2,1H3;5H,4H2,1-3H3,(H2,10,11,12,13,14). The van der Waals surface area contributed by atoms with Gasteiger partial charge in [0.2, 0.25) is 17.2 Å². The zero-order chi connectivity index (χ0) is 27.9. The maximum atomic E-state index is 12.4. The molecule has 1 aliphatic carbocycles. The fourth-order valence-electron chi connectivity index (χ4n) is 3.36. The summed E-state index contributed by atoms with van der Waals surface area (Å²) in [5, 5.41) is 17.4. The van der Waals surface area contributed by atoms with Crippen LogP contribution in [0.5, 0.6) is 0 Å². The van der Waals surface area contributed by atoms with Crippen LogP contribution in [-0.2, 0) is 19.4 Å². The van der Waals surface area contributed by atoms with Crippen LogP contribution in [0.1, 0.15) is 50.4 Å². The molecule has 2 N–H and O–H groups in total. The first-order valence-electron chi connectivity index (χ1n) is 11.2. The maximum Gasteiger partial charge on any atom is 0.281 e. The van der Waals surface area contributed by atoms with Crippen LogP contribution < -0.4 is 10.6 Å². The lowest BCUT2D eigenvalue weighted by molar-refractivity contribution is -0.385. The first-order valence-corrected chi connectivity index (χ1v) is 13.5. The molecule has 1 saturated carbocycles. The Morgan fingerprint density at radius 3 is 2.27 bits per heavy atom. The number of ketones is 3. The van der Waals surface area contributed by atoms with E-state index in [1.54, 1.807) is 0 Å². The number of hydrogen-bond acceptors (Lipinski definition) is 12. The number of sulfone groups is 1. The summed E-state index contributed by atoms with van der Waals surface area (Å²) in [5.41, 5.74) is -1.17. The number of benzene rings is 1. The smallest absolute Gasteiger partial charge is 0.281 e. The van der Waals surface area contributed by atoms with E-state index in [-0.39, 0.29) is 29.1 Å². The van der Waals surface area contributed by atoms with Gasteiger partial charge in [0, 0.05) is 37.8 Å². The first-order chi connectivity index (χ1) is 17.2. The number of hydrogen-bond donors (Lipinski definition) is 2. The Bertz CT molecular complexity index is 1300. The van der Waals surface area contributed by atoms with Gasteiger partial charge in [-0.25, -0.2) is 8.42 Å². The molecule has 3 rings (SSSR count). The highest BCUT2D eigenvalue weighted by Gasteiger charge is 2.39. The Hall–Kier alpha value is -3.52. The predicted octanol–water partition coefficient (Wildman–Crippen LogP) is 2.90. The molecule has 0 bridgehead atoms. The molecule has 0 atom stereocenters. The zero-order valence-electron chi connectivity index (χ0n) is 20.6. The van der Waals surface area contributed by atoms with E-state index in [0.29, 0.717) is 18.3 Å². The maximum absolute atomic E-state index is 12.4. The van der Waals surface area contributed by atoms with Crippen molar-refractivity contribution >= 4 is 56.4 Å². The molecule has 0 saturated heterocycles. The van der Waals surface area contributed by atoms with E-state index in [2.05, 4.69) is 25.6 Å². The van der Waals surface area contributed by atoms with Crippen molar-refractivity contribution in [2.75, 3.05) is 23.4 Å². The third-order valence-electron chi connectivity index (χ3n) is 4.97. The number of nitro benzene ring substituents is 1. The van der Waals surface area contributed by atoms with Gasteiger partial charge < -0.3 is 10.6 Å². The van der Waals surface area contributed by atoms with Crippen molar-refractivity contribution < 1.29 is 27.7 Å². The van der Waals surface area contributed by atoms with Gasteiger partial charge in [0.05, 0.1) is 15.4 Å². The number of anilines is 2. The van der Waals surface area contributed by atoms with Crippen LogP contribution >= 0.6 is 11.6 Å². The number of nitro groups is 1. The summed E-state index contributed by atoms with van der Waals surface area (Å²) in [6.45, 7) is 6.73. The zero-order valence-corrected chi connectivity index (χ0v) is 22.2. The Balaban J connectivity index is 0.000000294. The van der Waals surface area contributed by atoms with E-state index in [4.69, 9.17) is 11.6 Å². The minimum atomic E-state index is -3.70. The average Bonchev–Trinajstić information content (AvgIpc) is 2.77.